The number of thioether (sulfide) groups is 1. The molecular formula is C14H18N2S. The van der Waals surface area contributed by atoms with E-state index < -0.39 is 0 Å². The van der Waals surface area contributed by atoms with Crippen LogP contribution in [0.4, 0.5) is 5.69 Å². The number of aromatic nitrogens is 1. The van der Waals surface area contributed by atoms with Gasteiger partial charge < -0.3 is 5.73 Å². The lowest BCUT2D eigenvalue weighted by molar-refractivity contribution is 0.778. The molecule has 0 saturated carbocycles. The highest BCUT2D eigenvalue weighted by molar-refractivity contribution is 7.99. The SMILES string of the molecule is CCCCCSc1ccnc2c(N)cccc12. The van der Waals surface area contributed by atoms with Crippen LogP contribution in [0, 0.1) is 0 Å². The lowest BCUT2D eigenvalue weighted by Crippen LogP contribution is -1.90. The normalized spacial score (nSPS) is 10.9. The van der Waals surface area contributed by atoms with Crippen molar-refractivity contribution < 1.29 is 0 Å². The first-order valence-corrected chi connectivity index (χ1v) is 7.07. The molecule has 2 nitrogen and oxygen atoms in total. The van der Waals surface area contributed by atoms with Crippen LogP contribution in [-0.4, -0.2) is 10.7 Å². The van der Waals surface area contributed by atoms with Crippen molar-refractivity contribution >= 4 is 28.4 Å². The topological polar surface area (TPSA) is 38.9 Å². The number of benzene rings is 1. The van der Waals surface area contributed by atoms with Gasteiger partial charge in [-0.3, -0.25) is 4.98 Å². The number of nitrogens with two attached hydrogens (primary N) is 1. The van der Waals surface area contributed by atoms with E-state index in [0.29, 0.717) is 0 Å². The number of hydrogen-bond donors (Lipinski definition) is 1. The first-order valence-electron chi connectivity index (χ1n) is 6.09. The van der Waals surface area contributed by atoms with Crippen LogP contribution in [0.5, 0.6) is 0 Å². The molecule has 0 aliphatic carbocycles. The summed E-state index contributed by atoms with van der Waals surface area (Å²) in [5.41, 5.74) is 7.62. The predicted octanol–water partition coefficient (Wildman–Crippen LogP) is 4.10. The van der Waals surface area contributed by atoms with E-state index in [1.807, 2.05) is 30.1 Å². The van der Waals surface area contributed by atoms with Gasteiger partial charge in [-0.25, -0.2) is 0 Å². The number of unbranched alkanes of at least 4 members (excludes halogenated alkanes) is 2. The van der Waals surface area contributed by atoms with E-state index in [0.717, 1.165) is 11.2 Å². The Morgan fingerprint density at radius 3 is 2.94 bits per heavy atom. The van der Waals surface area contributed by atoms with Gasteiger partial charge in [0.15, 0.2) is 0 Å². The fourth-order valence-corrected chi connectivity index (χ4v) is 2.88. The molecule has 0 amide bonds. The molecule has 1 aromatic carbocycles. The fraction of sp³-hybridized carbons (Fsp3) is 0.357. The molecule has 0 saturated heterocycles. The lowest BCUT2D eigenvalue weighted by atomic mass is 10.2. The molecule has 0 fully saturated rings. The first-order chi connectivity index (χ1) is 8.33. The average Bonchev–Trinajstić information content (AvgIpc) is 2.36. The molecule has 0 radical (unpaired) electrons. The molecule has 0 unspecified atom stereocenters. The number of pyridine rings is 1. The molecule has 90 valence electrons. The van der Waals surface area contributed by atoms with Crippen LogP contribution in [0.15, 0.2) is 35.4 Å². The average molecular weight is 246 g/mol. The Hall–Kier alpha value is -1.22. The van der Waals surface area contributed by atoms with Gasteiger partial charge in [-0.1, -0.05) is 31.9 Å². The van der Waals surface area contributed by atoms with Gasteiger partial charge >= 0.3 is 0 Å². The Morgan fingerprint density at radius 1 is 1.24 bits per heavy atom. The minimum Gasteiger partial charge on any atom is -0.397 e. The third-order valence-electron chi connectivity index (χ3n) is 2.77. The molecule has 17 heavy (non-hydrogen) atoms. The molecule has 0 atom stereocenters. The molecule has 2 N–H and O–H groups in total. The van der Waals surface area contributed by atoms with Gasteiger partial charge in [0.25, 0.3) is 0 Å². The van der Waals surface area contributed by atoms with Crippen LogP contribution < -0.4 is 5.73 Å². The third kappa shape index (κ3) is 2.91. The van der Waals surface area contributed by atoms with Crippen LogP contribution in [0.1, 0.15) is 26.2 Å². The Bertz CT molecular complexity index is 497. The molecule has 0 aliphatic rings. The van der Waals surface area contributed by atoms with Gasteiger partial charge in [0.2, 0.25) is 0 Å². The number of nitrogens with zero attached hydrogens (tertiary/aromatic N) is 1. The zero-order valence-corrected chi connectivity index (χ0v) is 11.0. The highest BCUT2D eigenvalue weighted by Crippen LogP contribution is 2.29. The van der Waals surface area contributed by atoms with Gasteiger partial charge in [-0.15, -0.1) is 11.8 Å². The lowest BCUT2D eigenvalue weighted by Gasteiger charge is -2.06. The molecular weight excluding hydrogens is 228 g/mol. The van der Waals surface area contributed by atoms with E-state index in [-0.39, 0.29) is 0 Å². The van der Waals surface area contributed by atoms with Crippen LogP contribution in [0.2, 0.25) is 0 Å². The van der Waals surface area contributed by atoms with Crippen molar-refractivity contribution in [1.82, 2.24) is 4.98 Å². The maximum absolute atomic E-state index is 5.93. The number of hydrogen-bond acceptors (Lipinski definition) is 3. The molecule has 0 aliphatic heterocycles. The van der Waals surface area contributed by atoms with Crippen molar-refractivity contribution in [2.45, 2.75) is 31.1 Å². The maximum atomic E-state index is 5.93. The molecule has 1 aromatic heterocycles. The second-order valence-corrected chi connectivity index (χ2v) is 5.24. The van der Waals surface area contributed by atoms with E-state index in [4.69, 9.17) is 5.73 Å². The third-order valence-corrected chi connectivity index (χ3v) is 3.93. The number of nitrogen functional groups attached to an aromatic ring is 1. The van der Waals surface area contributed by atoms with Gasteiger partial charge in [0.1, 0.15) is 0 Å². The van der Waals surface area contributed by atoms with E-state index >= 15 is 0 Å². The number of fused-ring (bicyclic) bond motifs is 1. The van der Waals surface area contributed by atoms with Crippen molar-refractivity contribution in [3.63, 3.8) is 0 Å². The Kier molecular flexibility index (Phi) is 4.26. The highest BCUT2D eigenvalue weighted by Gasteiger charge is 2.04. The van der Waals surface area contributed by atoms with Crippen molar-refractivity contribution in [2.24, 2.45) is 0 Å². The highest BCUT2D eigenvalue weighted by atomic mass is 32.2. The van der Waals surface area contributed by atoms with Crippen molar-refractivity contribution in [1.29, 1.82) is 0 Å². The monoisotopic (exact) mass is 246 g/mol. The number of anilines is 1. The molecule has 3 heteroatoms. The summed E-state index contributed by atoms with van der Waals surface area (Å²) in [7, 11) is 0. The minimum atomic E-state index is 0.763. The van der Waals surface area contributed by atoms with Crippen LogP contribution >= 0.6 is 11.8 Å². The predicted molar refractivity (Wildman–Crippen MR) is 76.4 cm³/mol. The summed E-state index contributed by atoms with van der Waals surface area (Å²) in [5.74, 6) is 1.17. The largest absolute Gasteiger partial charge is 0.397 e. The van der Waals surface area contributed by atoms with Crippen LogP contribution in [0.25, 0.3) is 10.9 Å². The van der Waals surface area contributed by atoms with Gasteiger partial charge in [0, 0.05) is 16.5 Å². The first kappa shape index (κ1) is 12.2. The zero-order valence-electron chi connectivity index (χ0n) is 10.1. The second-order valence-electron chi connectivity index (χ2n) is 4.11. The van der Waals surface area contributed by atoms with Gasteiger partial charge in [-0.2, -0.15) is 0 Å². The quantitative estimate of drug-likeness (QED) is 0.490. The van der Waals surface area contributed by atoms with Crippen LogP contribution in [-0.2, 0) is 0 Å². The van der Waals surface area contributed by atoms with Crippen molar-refractivity contribution in [2.75, 3.05) is 11.5 Å². The Morgan fingerprint density at radius 2 is 2.12 bits per heavy atom. The summed E-state index contributed by atoms with van der Waals surface area (Å²) in [6.45, 7) is 2.23. The molecule has 2 rings (SSSR count). The van der Waals surface area contributed by atoms with E-state index in [1.54, 1.807) is 0 Å². The number of para-hydroxylation sites is 1. The summed E-state index contributed by atoms with van der Waals surface area (Å²) < 4.78 is 0. The van der Waals surface area contributed by atoms with E-state index in [9.17, 15) is 0 Å². The second kappa shape index (κ2) is 5.92. The van der Waals surface area contributed by atoms with Crippen LogP contribution in [0.3, 0.4) is 0 Å². The van der Waals surface area contributed by atoms with E-state index in [1.165, 1.54) is 35.3 Å². The maximum Gasteiger partial charge on any atom is 0.0942 e. The standard InChI is InChI=1S/C14H18N2S/c1-2-3-4-10-17-13-8-9-16-14-11(13)6-5-7-12(14)15/h5-9H,2-4,10,15H2,1H3. The Balaban J connectivity index is 2.19. The smallest absolute Gasteiger partial charge is 0.0942 e. The van der Waals surface area contributed by atoms with Crippen molar-refractivity contribution in [3.8, 4) is 0 Å². The Labute approximate surface area is 107 Å². The van der Waals surface area contributed by atoms with Gasteiger partial charge in [0.05, 0.1) is 11.2 Å². The van der Waals surface area contributed by atoms with Crippen molar-refractivity contribution in [3.05, 3.63) is 30.5 Å². The van der Waals surface area contributed by atoms with Gasteiger partial charge in [-0.05, 0) is 24.3 Å². The number of rotatable bonds is 5. The summed E-state index contributed by atoms with van der Waals surface area (Å²) in [4.78, 5) is 5.64. The summed E-state index contributed by atoms with van der Waals surface area (Å²) in [6, 6.07) is 8.08. The zero-order chi connectivity index (χ0) is 12.1. The summed E-state index contributed by atoms with van der Waals surface area (Å²) >= 11 is 1.90. The molecule has 0 bridgehead atoms. The van der Waals surface area contributed by atoms with E-state index in [2.05, 4.69) is 24.0 Å². The summed E-state index contributed by atoms with van der Waals surface area (Å²) in [5, 5.41) is 1.17. The minimum absolute atomic E-state index is 0.763. The molecule has 1 heterocycles. The fourth-order valence-electron chi connectivity index (χ4n) is 1.83. The molecule has 2 aromatic rings. The molecule has 0 spiro atoms. The summed E-state index contributed by atoms with van der Waals surface area (Å²) in [6.07, 6.45) is 5.69.